The number of amides is 1. The standard InChI is InChI=1S/C23H23NO5/c25-20-12-10-18(11-13-20)17-6-8-19(9-7-17)22(27)21(26)14-24-23(28)29-15-16-4-2-1-3-5-16/h1-13,21-22,25-27H,14-15H2,(H,24,28). The van der Waals surface area contributed by atoms with Gasteiger partial charge >= 0.3 is 6.09 Å². The van der Waals surface area contributed by atoms with Crippen molar-refractivity contribution in [3.05, 3.63) is 90.0 Å². The number of hydrogen-bond acceptors (Lipinski definition) is 5. The topological polar surface area (TPSA) is 99.0 Å². The van der Waals surface area contributed by atoms with Crippen LogP contribution in [0.3, 0.4) is 0 Å². The van der Waals surface area contributed by atoms with Gasteiger partial charge in [0.2, 0.25) is 0 Å². The zero-order chi connectivity index (χ0) is 20.6. The molecule has 0 bridgehead atoms. The van der Waals surface area contributed by atoms with Crippen LogP contribution >= 0.6 is 0 Å². The average molecular weight is 393 g/mol. The number of benzene rings is 3. The number of aliphatic hydroxyl groups excluding tert-OH is 2. The number of carbonyl (C=O) groups is 1. The van der Waals surface area contributed by atoms with Gasteiger partial charge in [0, 0.05) is 6.54 Å². The van der Waals surface area contributed by atoms with Gasteiger partial charge in [-0.15, -0.1) is 0 Å². The molecule has 2 atom stereocenters. The van der Waals surface area contributed by atoms with Crippen molar-refractivity contribution in [2.75, 3.05) is 6.54 Å². The first kappa shape index (κ1) is 20.4. The van der Waals surface area contributed by atoms with Crippen molar-refractivity contribution in [3.63, 3.8) is 0 Å². The predicted octanol–water partition coefficient (Wildman–Crippen LogP) is 3.38. The number of carbonyl (C=O) groups excluding carboxylic acids is 1. The molecule has 0 spiro atoms. The fourth-order valence-corrected chi connectivity index (χ4v) is 2.82. The molecule has 0 fully saturated rings. The third-order valence-corrected chi connectivity index (χ3v) is 4.49. The van der Waals surface area contributed by atoms with E-state index in [9.17, 15) is 20.1 Å². The van der Waals surface area contributed by atoms with Gasteiger partial charge in [-0.25, -0.2) is 4.79 Å². The molecule has 3 aromatic carbocycles. The number of ether oxygens (including phenoxy) is 1. The van der Waals surface area contributed by atoms with E-state index in [0.29, 0.717) is 5.56 Å². The number of rotatable bonds is 7. The molecule has 4 N–H and O–H groups in total. The van der Waals surface area contributed by atoms with Crippen molar-refractivity contribution < 1.29 is 24.9 Å². The van der Waals surface area contributed by atoms with Gasteiger partial charge in [0.25, 0.3) is 0 Å². The van der Waals surface area contributed by atoms with Gasteiger partial charge in [0.05, 0.1) is 0 Å². The van der Waals surface area contributed by atoms with E-state index >= 15 is 0 Å². The van der Waals surface area contributed by atoms with Gasteiger partial charge < -0.3 is 25.4 Å². The fourth-order valence-electron chi connectivity index (χ4n) is 2.82. The number of nitrogens with one attached hydrogen (secondary N) is 1. The van der Waals surface area contributed by atoms with Gasteiger partial charge in [-0.05, 0) is 34.4 Å². The maximum atomic E-state index is 11.8. The summed E-state index contributed by atoms with van der Waals surface area (Å²) in [6.07, 6.45) is -3.00. The molecule has 2 unspecified atom stereocenters. The Labute approximate surface area is 169 Å². The molecule has 0 saturated heterocycles. The molecule has 1 amide bonds. The molecule has 0 aliphatic rings. The van der Waals surface area contributed by atoms with Crippen molar-refractivity contribution in [1.82, 2.24) is 5.32 Å². The van der Waals surface area contributed by atoms with Gasteiger partial charge in [-0.3, -0.25) is 0 Å². The van der Waals surface area contributed by atoms with Gasteiger partial charge in [0.1, 0.15) is 24.6 Å². The summed E-state index contributed by atoms with van der Waals surface area (Å²) in [5.74, 6) is 0.193. The molecule has 0 aliphatic heterocycles. The highest BCUT2D eigenvalue weighted by Crippen LogP contribution is 2.24. The van der Waals surface area contributed by atoms with E-state index < -0.39 is 18.3 Å². The minimum absolute atomic E-state index is 0.129. The third-order valence-electron chi connectivity index (χ3n) is 4.49. The first-order valence-electron chi connectivity index (χ1n) is 9.23. The zero-order valence-electron chi connectivity index (χ0n) is 15.7. The quantitative estimate of drug-likeness (QED) is 0.493. The minimum Gasteiger partial charge on any atom is -0.508 e. The first-order chi connectivity index (χ1) is 14.0. The van der Waals surface area contributed by atoms with Crippen molar-refractivity contribution in [2.45, 2.75) is 18.8 Å². The molecule has 6 heteroatoms. The summed E-state index contributed by atoms with van der Waals surface area (Å²) in [5.41, 5.74) is 3.22. The first-order valence-corrected chi connectivity index (χ1v) is 9.23. The molecule has 0 aromatic heterocycles. The molecule has 3 aromatic rings. The van der Waals surface area contributed by atoms with Crippen LogP contribution in [0.2, 0.25) is 0 Å². The second-order valence-electron chi connectivity index (χ2n) is 6.62. The van der Waals surface area contributed by atoms with Crippen molar-refractivity contribution in [2.24, 2.45) is 0 Å². The van der Waals surface area contributed by atoms with Crippen LogP contribution in [0.1, 0.15) is 17.2 Å². The summed E-state index contributed by atoms with van der Waals surface area (Å²) in [6, 6.07) is 23.1. The Morgan fingerprint density at radius 3 is 2.07 bits per heavy atom. The molecule has 29 heavy (non-hydrogen) atoms. The van der Waals surface area contributed by atoms with E-state index in [2.05, 4.69) is 5.32 Å². The second kappa shape index (κ2) is 9.73. The van der Waals surface area contributed by atoms with E-state index in [-0.39, 0.29) is 18.9 Å². The number of aromatic hydroxyl groups is 1. The Balaban J connectivity index is 1.49. The van der Waals surface area contributed by atoms with Gasteiger partial charge in [0.15, 0.2) is 0 Å². The number of hydrogen-bond donors (Lipinski definition) is 4. The highest BCUT2D eigenvalue weighted by molar-refractivity contribution is 5.67. The molecule has 0 radical (unpaired) electrons. The molecule has 6 nitrogen and oxygen atoms in total. The highest BCUT2D eigenvalue weighted by Gasteiger charge is 2.19. The second-order valence-corrected chi connectivity index (χ2v) is 6.62. The Kier molecular flexibility index (Phi) is 6.84. The minimum atomic E-state index is -1.18. The summed E-state index contributed by atoms with van der Waals surface area (Å²) < 4.78 is 5.08. The van der Waals surface area contributed by atoms with E-state index in [1.807, 2.05) is 42.5 Å². The maximum absolute atomic E-state index is 11.8. The van der Waals surface area contributed by atoms with Crippen molar-refractivity contribution >= 4 is 6.09 Å². The highest BCUT2D eigenvalue weighted by atomic mass is 16.5. The lowest BCUT2D eigenvalue weighted by Gasteiger charge is -2.19. The van der Waals surface area contributed by atoms with Crippen LogP contribution in [0.5, 0.6) is 5.75 Å². The summed E-state index contributed by atoms with van der Waals surface area (Å²) >= 11 is 0. The summed E-state index contributed by atoms with van der Waals surface area (Å²) in [6.45, 7) is -0.0153. The normalized spacial score (nSPS) is 12.8. The van der Waals surface area contributed by atoms with Crippen LogP contribution < -0.4 is 5.32 Å². The number of alkyl carbamates (subject to hydrolysis) is 1. The lowest BCUT2D eigenvalue weighted by molar-refractivity contribution is 0.0184. The van der Waals surface area contributed by atoms with Crippen LogP contribution in [0.15, 0.2) is 78.9 Å². The fraction of sp³-hybridized carbons (Fsp3) is 0.174. The van der Waals surface area contributed by atoms with Gasteiger partial charge in [-0.2, -0.15) is 0 Å². The van der Waals surface area contributed by atoms with Gasteiger partial charge in [-0.1, -0.05) is 66.7 Å². The molecule has 0 saturated carbocycles. The number of aliphatic hydroxyl groups is 2. The Bertz CT molecular complexity index is 910. The van der Waals surface area contributed by atoms with Crippen LogP contribution in [0.4, 0.5) is 4.79 Å². The monoisotopic (exact) mass is 393 g/mol. The lowest BCUT2D eigenvalue weighted by Crippen LogP contribution is -2.35. The zero-order valence-corrected chi connectivity index (χ0v) is 15.7. The van der Waals surface area contributed by atoms with E-state index in [1.165, 1.54) is 0 Å². The van der Waals surface area contributed by atoms with Crippen molar-refractivity contribution in [1.29, 1.82) is 0 Å². The Hall–Kier alpha value is -3.35. The number of phenolic OH excluding ortho intramolecular Hbond substituents is 1. The van der Waals surface area contributed by atoms with Crippen LogP contribution in [-0.2, 0) is 11.3 Å². The smallest absolute Gasteiger partial charge is 0.407 e. The maximum Gasteiger partial charge on any atom is 0.407 e. The molecular weight excluding hydrogens is 370 g/mol. The number of phenols is 1. The largest absolute Gasteiger partial charge is 0.508 e. The Morgan fingerprint density at radius 1 is 0.862 bits per heavy atom. The molecule has 0 heterocycles. The molecule has 150 valence electrons. The van der Waals surface area contributed by atoms with Crippen LogP contribution in [0, 0.1) is 0 Å². The third kappa shape index (κ3) is 5.81. The summed E-state index contributed by atoms with van der Waals surface area (Å²) in [4.78, 5) is 11.8. The average Bonchev–Trinajstić information content (AvgIpc) is 2.77. The molecule has 0 aliphatic carbocycles. The van der Waals surface area contributed by atoms with E-state index in [4.69, 9.17) is 4.74 Å². The SMILES string of the molecule is O=C(NCC(O)C(O)c1ccc(-c2ccc(O)cc2)cc1)OCc1ccccc1. The summed E-state index contributed by atoms with van der Waals surface area (Å²) in [5, 5.41) is 32.3. The summed E-state index contributed by atoms with van der Waals surface area (Å²) in [7, 11) is 0. The lowest BCUT2D eigenvalue weighted by atomic mass is 9.99. The predicted molar refractivity (Wildman–Crippen MR) is 109 cm³/mol. The Morgan fingerprint density at radius 2 is 1.45 bits per heavy atom. The molecular formula is C23H23NO5. The van der Waals surface area contributed by atoms with Crippen LogP contribution in [0.25, 0.3) is 11.1 Å². The van der Waals surface area contributed by atoms with Crippen molar-refractivity contribution in [3.8, 4) is 16.9 Å². The van der Waals surface area contributed by atoms with Crippen LogP contribution in [-0.4, -0.2) is 34.1 Å². The van der Waals surface area contributed by atoms with E-state index in [1.54, 1.807) is 36.4 Å². The molecule has 3 rings (SSSR count). The van der Waals surface area contributed by atoms with E-state index in [0.717, 1.165) is 16.7 Å².